The molecule has 0 fully saturated rings. The van der Waals surface area contributed by atoms with Gasteiger partial charge in [-0.1, -0.05) is 51.9 Å². The highest BCUT2D eigenvalue weighted by Crippen LogP contribution is 2.22. The minimum absolute atomic E-state index is 0.543. The summed E-state index contributed by atoms with van der Waals surface area (Å²) in [5.74, 6) is 0.829. The molecule has 2 heteroatoms. The second-order valence-corrected chi connectivity index (χ2v) is 3.59. The molecule has 1 aromatic carbocycles. The summed E-state index contributed by atoms with van der Waals surface area (Å²) < 4.78 is 5.50. The zero-order valence-electron chi connectivity index (χ0n) is 11.9. The molecule has 0 N–H and O–H groups in total. The number of halogens is 1. The van der Waals surface area contributed by atoms with Crippen LogP contribution in [0.25, 0.3) is 0 Å². The maximum Gasteiger partial charge on any atom is 0.124 e. The SMILES string of the molecule is C=C(C)COc1cc(Cl)ccc1C.CC.CC. The lowest BCUT2D eigenvalue weighted by atomic mass is 10.2. The van der Waals surface area contributed by atoms with Gasteiger partial charge in [0, 0.05) is 5.02 Å². The molecule has 0 radical (unpaired) electrons. The second kappa shape index (κ2) is 11.5. The summed E-state index contributed by atoms with van der Waals surface area (Å²) in [5, 5.41) is 0.697. The van der Waals surface area contributed by atoms with Crippen molar-refractivity contribution in [3.63, 3.8) is 0 Å². The number of hydrogen-bond donors (Lipinski definition) is 0. The highest BCUT2D eigenvalue weighted by molar-refractivity contribution is 6.30. The van der Waals surface area contributed by atoms with E-state index in [0.717, 1.165) is 16.9 Å². The van der Waals surface area contributed by atoms with Gasteiger partial charge in [-0.15, -0.1) is 0 Å². The van der Waals surface area contributed by atoms with E-state index in [1.807, 2.05) is 59.7 Å². The molecule has 0 amide bonds. The topological polar surface area (TPSA) is 9.23 Å². The summed E-state index contributed by atoms with van der Waals surface area (Å²) in [4.78, 5) is 0. The van der Waals surface area contributed by atoms with E-state index in [4.69, 9.17) is 16.3 Å². The van der Waals surface area contributed by atoms with Crippen LogP contribution in [0, 0.1) is 6.92 Å². The minimum Gasteiger partial charge on any atom is -0.489 e. The van der Waals surface area contributed by atoms with Crippen LogP contribution >= 0.6 is 11.6 Å². The lowest BCUT2D eigenvalue weighted by Crippen LogP contribution is -1.98. The Labute approximate surface area is 111 Å². The van der Waals surface area contributed by atoms with Gasteiger partial charge in [-0.3, -0.25) is 0 Å². The number of rotatable bonds is 3. The lowest BCUT2D eigenvalue weighted by Gasteiger charge is -2.08. The monoisotopic (exact) mass is 256 g/mol. The molecule has 17 heavy (non-hydrogen) atoms. The van der Waals surface area contributed by atoms with Gasteiger partial charge in [0.25, 0.3) is 0 Å². The third-order valence-electron chi connectivity index (χ3n) is 1.62. The maximum absolute atomic E-state index is 5.83. The molecule has 0 aliphatic rings. The highest BCUT2D eigenvalue weighted by Gasteiger charge is 1.99. The second-order valence-electron chi connectivity index (χ2n) is 3.16. The molecule has 0 saturated carbocycles. The summed E-state index contributed by atoms with van der Waals surface area (Å²) in [5.41, 5.74) is 2.09. The molecule has 0 bridgehead atoms. The summed E-state index contributed by atoms with van der Waals surface area (Å²) in [6.07, 6.45) is 0. The van der Waals surface area contributed by atoms with Crippen LogP contribution in [0.5, 0.6) is 5.75 Å². The Balaban J connectivity index is 0. The fourth-order valence-electron chi connectivity index (χ4n) is 0.930. The Hall–Kier alpha value is -0.950. The zero-order chi connectivity index (χ0) is 13.8. The van der Waals surface area contributed by atoms with Crippen LogP contribution in [0.2, 0.25) is 5.02 Å². The van der Waals surface area contributed by atoms with Crippen molar-refractivity contribution in [2.75, 3.05) is 6.61 Å². The maximum atomic E-state index is 5.83. The third kappa shape index (κ3) is 8.82. The standard InChI is InChI=1S/C11H13ClO.2C2H6/c1-8(2)7-13-11-6-10(12)5-4-9(11)3;2*1-2/h4-6H,1,7H2,2-3H3;2*1-2H3. The molecule has 0 spiro atoms. The predicted molar refractivity (Wildman–Crippen MR) is 79.2 cm³/mol. The van der Waals surface area contributed by atoms with Gasteiger partial charge in [0.05, 0.1) is 0 Å². The van der Waals surface area contributed by atoms with Gasteiger partial charge in [-0.2, -0.15) is 0 Å². The first-order chi connectivity index (χ1) is 8.09. The average molecular weight is 257 g/mol. The number of hydrogen-bond acceptors (Lipinski definition) is 1. The van der Waals surface area contributed by atoms with Crippen molar-refractivity contribution >= 4 is 11.6 Å². The first-order valence-corrected chi connectivity index (χ1v) is 6.50. The van der Waals surface area contributed by atoms with E-state index in [1.165, 1.54) is 0 Å². The molecule has 0 aromatic heterocycles. The predicted octanol–water partition coefficient (Wildman–Crippen LogP) is 5.66. The Kier molecular flexibility index (Phi) is 12.5. The Morgan fingerprint density at radius 3 is 2.24 bits per heavy atom. The number of ether oxygens (including phenoxy) is 1. The van der Waals surface area contributed by atoms with Crippen molar-refractivity contribution in [3.05, 3.63) is 40.9 Å². The third-order valence-corrected chi connectivity index (χ3v) is 1.86. The fraction of sp³-hybridized carbons (Fsp3) is 0.467. The molecule has 0 aliphatic carbocycles. The normalized spacial score (nSPS) is 8.18. The molecule has 1 rings (SSSR count). The van der Waals surface area contributed by atoms with Crippen molar-refractivity contribution < 1.29 is 4.74 Å². The smallest absolute Gasteiger partial charge is 0.124 e. The van der Waals surface area contributed by atoms with E-state index in [0.29, 0.717) is 11.6 Å². The molecule has 0 heterocycles. The van der Waals surface area contributed by atoms with Crippen LogP contribution < -0.4 is 4.74 Å². The van der Waals surface area contributed by atoms with Crippen LogP contribution in [0.15, 0.2) is 30.4 Å². The van der Waals surface area contributed by atoms with Crippen molar-refractivity contribution in [3.8, 4) is 5.75 Å². The molecule has 0 aliphatic heterocycles. The van der Waals surface area contributed by atoms with Crippen LogP contribution in [0.1, 0.15) is 40.2 Å². The highest BCUT2D eigenvalue weighted by atomic mass is 35.5. The van der Waals surface area contributed by atoms with Gasteiger partial charge >= 0.3 is 0 Å². The summed E-state index contributed by atoms with van der Waals surface area (Å²) in [6, 6.07) is 5.61. The van der Waals surface area contributed by atoms with Crippen LogP contribution in [-0.4, -0.2) is 6.61 Å². The summed E-state index contributed by atoms with van der Waals surface area (Å²) >= 11 is 5.83. The van der Waals surface area contributed by atoms with Gasteiger partial charge < -0.3 is 4.74 Å². The summed E-state index contributed by atoms with van der Waals surface area (Å²) in [7, 11) is 0. The molecular weight excluding hydrogens is 232 g/mol. The van der Waals surface area contributed by atoms with Gasteiger partial charge in [0.2, 0.25) is 0 Å². The molecule has 1 aromatic rings. The van der Waals surface area contributed by atoms with Crippen LogP contribution in [0.3, 0.4) is 0 Å². The van der Waals surface area contributed by atoms with Gasteiger partial charge in [-0.05, 0) is 37.1 Å². The molecule has 0 saturated heterocycles. The fourth-order valence-corrected chi connectivity index (χ4v) is 1.09. The molecular formula is C15H25ClO. The van der Waals surface area contributed by atoms with Gasteiger partial charge in [0.1, 0.15) is 12.4 Å². The minimum atomic E-state index is 0.543. The van der Waals surface area contributed by atoms with Crippen molar-refractivity contribution in [1.82, 2.24) is 0 Å². The van der Waals surface area contributed by atoms with E-state index in [2.05, 4.69) is 6.58 Å². The number of aryl methyl sites for hydroxylation is 1. The van der Waals surface area contributed by atoms with Gasteiger partial charge in [-0.25, -0.2) is 0 Å². The lowest BCUT2D eigenvalue weighted by molar-refractivity contribution is 0.350. The van der Waals surface area contributed by atoms with Crippen molar-refractivity contribution in [1.29, 1.82) is 0 Å². The largest absolute Gasteiger partial charge is 0.489 e. The van der Waals surface area contributed by atoms with Crippen molar-refractivity contribution in [2.24, 2.45) is 0 Å². The van der Waals surface area contributed by atoms with E-state index in [1.54, 1.807) is 0 Å². The van der Waals surface area contributed by atoms with Crippen LogP contribution in [-0.2, 0) is 0 Å². The number of benzene rings is 1. The molecule has 0 atom stereocenters. The molecule has 98 valence electrons. The van der Waals surface area contributed by atoms with E-state index >= 15 is 0 Å². The summed E-state index contributed by atoms with van der Waals surface area (Å²) in [6.45, 7) is 16.2. The van der Waals surface area contributed by atoms with E-state index < -0.39 is 0 Å². The van der Waals surface area contributed by atoms with Crippen LogP contribution in [0.4, 0.5) is 0 Å². The first-order valence-electron chi connectivity index (χ1n) is 6.13. The van der Waals surface area contributed by atoms with E-state index in [-0.39, 0.29) is 0 Å². The van der Waals surface area contributed by atoms with E-state index in [9.17, 15) is 0 Å². The van der Waals surface area contributed by atoms with Gasteiger partial charge in [0.15, 0.2) is 0 Å². The Bertz CT molecular complexity index is 319. The first kappa shape index (κ1) is 18.4. The van der Waals surface area contributed by atoms with Crippen molar-refractivity contribution in [2.45, 2.75) is 41.5 Å². The Morgan fingerprint density at radius 2 is 1.76 bits per heavy atom. The molecule has 0 unspecified atom stereocenters. The Morgan fingerprint density at radius 1 is 1.24 bits per heavy atom. The zero-order valence-corrected chi connectivity index (χ0v) is 12.7. The average Bonchev–Trinajstić information content (AvgIpc) is 2.35. The quantitative estimate of drug-likeness (QED) is 0.635. The molecule has 1 nitrogen and oxygen atoms in total.